The first-order valence-corrected chi connectivity index (χ1v) is 1.67. The summed E-state index contributed by atoms with van der Waals surface area (Å²) in [6, 6.07) is 0. The van der Waals surface area contributed by atoms with E-state index in [2.05, 4.69) is 24.1 Å². The quantitative estimate of drug-likeness (QED) is 0.470. The van der Waals surface area contributed by atoms with E-state index in [1.165, 1.54) is 0 Å². The van der Waals surface area contributed by atoms with Crippen LogP contribution in [-0.4, -0.2) is 12.6 Å². The van der Waals surface area contributed by atoms with Gasteiger partial charge in [-0.05, 0) is 0 Å². The van der Waals surface area contributed by atoms with Crippen molar-refractivity contribution in [3.05, 3.63) is 13.6 Å². The Morgan fingerprint density at radius 2 is 2.38 bits per heavy atom. The molecule has 8 heavy (non-hydrogen) atoms. The van der Waals surface area contributed by atoms with Crippen LogP contribution in [0.25, 0.3) is 0 Å². The van der Waals surface area contributed by atoms with Gasteiger partial charge in [-0.1, -0.05) is 6.54 Å². The maximum atomic E-state index is 10.0. The van der Waals surface area contributed by atoms with Crippen LogP contribution in [0.1, 0.15) is 0 Å². The third kappa shape index (κ3) is 6.11. The maximum absolute atomic E-state index is 10.0. The molecule has 0 bridgehead atoms. The Balaban J connectivity index is 0. The summed E-state index contributed by atoms with van der Waals surface area (Å²) in [5.41, 5.74) is 0. The van der Waals surface area contributed by atoms with Crippen LogP contribution in [0.2, 0.25) is 0 Å². The Kier molecular flexibility index (Phi) is 9.77. The topological polar surface area (TPSA) is 41.5 Å². The van der Waals surface area contributed by atoms with Crippen molar-refractivity contribution in [2.75, 3.05) is 0 Å². The molecule has 1 N–H and O–H groups in total. The smallest absolute Gasteiger partial charge is 0.150 e. The van der Waals surface area contributed by atoms with Gasteiger partial charge < -0.3 is 10.3 Å². The minimum absolute atomic E-state index is 0. The molecule has 0 aliphatic carbocycles. The van der Waals surface area contributed by atoms with Gasteiger partial charge in [-0.25, -0.2) is 0 Å². The fourth-order valence-corrected chi connectivity index (χ4v) is 0.129. The number of nitrogens with one attached hydrogen (secondary N) is 1. The molecule has 0 unspecified atom stereocenters. The monoisotopic (exact) mass is 187 g/mol. The third-order valence-corrected chi connectivity index (χ3v) is 0.383. The normalized spacial score (nSPS) is 6.12. The SMILES string of the molecule is C=N[CH-]C(=O)N[CH2-].[Y]. The summed E-state index contributed by atoms with van der Waals surface area (Å²) in [4.78, 5) is 13.2. The van der Waals surface area contributed by atoms with Gasteiger partial charge >= 0.3 is 0 Å². The Labute approximate surface area is 73.8 Å². The number of carbonyl (C=O) groups is 1. The molecule has 0 aliphatic rings. The number of hydrogen-bond donors (Lipinski definition) is 1. The average Bonchev–Trinajstić information content (AvgIpc) is 1.68. The van der Waals surface area contributed by atoms with Crippen molar-refractivity contribution in [1.82, 2.24) is 5.32 Å². The second kappa shape index (κ2) is 7.11. The minimum Gasteiger partial charge on any atom is -0.519 e. The Morgan fingerprint density at radius 1 is 1.88 bits per heavy atom. The molecule has 0 aromatic heterocycles. The maximum Gasteiger partial charge on any atom is 0.150 e. The van der Waals surface area contributed by atoms with E-state index in [4.69, 9.17) is 0 Å². The number of rotatable bonds is 2. The molecule has 0 spiro atoms. The van der Waals surface area contributed by atoms with E-state index in [0.29, 0.717) is 0 Å². The van der Waals surface area contributed by atoms with Gasteiger partial charge in [-0.2, -0.15) is 6.72 Å². The molecule has 0 saturated carbocycles. The van der Waals surface area contributed by atoms with Crippen LogP contribution in [-0.2, 0) is 37.5 Å². The van der Waals surface area contributed by atoms with Crippen LogP contribution < -0.4 is 5.32 Å². The molecule has 1 amide bonds. The van der Waals surface area contributed by atoms with Gasteiger partial charge in [0.15, 0.2) is 0 Å². The zero-order chi connectivity index (χ0) is 5.70. The number of nitrogens with zero attached hydrogens (tertiary/aromatic N) is 1. The largest absolute Gasteiger partial charge is 0.519 e. The van der Waals surface area contributed by atoms with E-state index in [1.54, 1.807) is 0 Å². The number of amides is 1. The summed E-state index contributed by atoms with van der Waals surface area (Å²) in [5.74, 6) is -0.338. The van der Waals surface area contributed by atoms with E-state index in [9.17, 15) is 4.79 Å². The molecule has 0 atom stereocenters. The van der Waals surface area contributed by atoms with Crippen molar-refractivity contribution in [3.63, 3.8) is 0 Å². The molecule has 0 heterocycles. The van der Waals surface area contributed by atoms with Gasteiger partial charge in [-0.3, -0.25) is 11.8 Å². The van der Waals surface area contributed by atoms with Gasteiger partial charge in [0.2, 0.25) is 0 Å². The van der Waals surface area contributed by atoms with E-state index >= 15 is 0 Å². The van der Waals surface area contributed by atoms with Crippen LogP contribution in [0.5, 0.6) is 0 Å². The van der Waals surface area contributed by atoms with E-state index in [-0.39, 0.29) is 38.6 Å². The van der Waals surface area contributed by atoms with Crippen LogP contribution in [0.3, 0.4) is 0 Å². The third-order valence-electron chi connectivity index (χ3n) is 0.383. The van der Waals surface area contributed by atoms with Crippen LogP contribution in [0, 0.1) is 13.6 Å². The fourth-order valence-electron chi connectivity index (χ4n) is 0.129. The summed E-state index contributed by atoms with van der Waals surface area (Å²) in [7, 11) is 3.09. The molecule has 0 aromatic carbocycles. The Bertz CT molecular complexity index is 84.1. The molecule has 1 radical (unpaired) electrons. The van der Waals surface area contributed by atoms with Gasteiger partial charge in [0.1, 0.15) is 5.91 Å². The summed E-state index contributed by atoms with van der Waals surface area (Å²) < 4.78 is 0. The van der Waals surface area contributed by atoms with Crippen molar-refractivity contribution < 1.29 is 37.5 Å². The molecule has 0 saturated heterocycles. The van der Waals surface area contributed by atoms with Gasteiger partial charge in [0, 0.05) is 32.7 Å². The van der Waals surface area contributed by atoms with Gasteiger partial charge in [0.05, 0.1) is 0 Å². The second-order valence-electron chi connectivity index (χ2n) is 0.853. The van der Waals surface area contributed by atoms with Crippen molar-refractivity contribution in [2.24, 2.45) is 4.99 Å². The molecular weight excluding hydrogens is 181 g/mol. The number of carbonyl (C=O) groups excluding carboxylic acids is 1. The number of aliphatic imine (C=N–C) groups is 1. The Hall–Kier alpha value is 0.114. The van der Waals surface area contributed by atoms with Gasteiger partial charge in [0.25, 0.3) is 0 Å². The molecule has 3 nitrogen and oxygen atoms in total. The first-order chi connectivity index (χ1) is 3.31. The zero-order valence-electron chi connectivity index (χ0n) is 4.42. The first-order valence-electron chi connectivity index (χ1n) is 1.67. The molecular formula is C4H6N2OY-2. The molecule has 43 valence electrons. The standard InChI is InChI=1S/C4H6N2O.Y/c1-5-3-4(7)6-2;/h3H,1-2H2,(H,6,7);/q-2;. The van der Waals surface area contributed by atoms with Crippen molar-refractivity contribution >= 4 is 12.6 Å². The van der Waals surface area contributed by atoms with Crippen molar-refractivity contribution in [3.8, 4) is 0 Å². The van der Waals surface area contributed by atoms with Gasteiger partial charge in [-0.15, -0.1) is 0 Å². The molecule has 0 rings (SSSR count). The molecule has 4 heteroatoms. The predicted octanol–water partition coefficient (Wildman–Crippen LogP) is -0.246. The molecule has 0 aromatic rings. The fraction of sp³-hybridized carbons (Fsp3) is 0. The zero-order valence-corrected chi connectivity index (χ0v) is 7.26. The van der Waals surface area contributed by atoms with Crippen LogP contribution >= 0.6 is 0 Å². The summed E-state index contributed by atoms with van der Waals surface area (Å²) in [6.45, 7) is 4.10. The van der Waals surface area contributed by atoms with Crippen LogP contribution in [0.4, 0.5) is 0 Å². The Morgan fingerprint density at radius 3 is 2.50 bits per heavy atom. The average molecular weight is 187 g/mol. The predicted molar refractivity (Wildman–Crippen MR) is 27.3 cm³/mol. The van der Waals surface area contributed by atoms with E-state index < -0.39 is 0 Å². The van der Waals surface area contributed by atoms with E-state index in [0.717, 1.165) is 6.54 Å². The summed E-state index contributed by atoms with van der Waals surface area (Å²) in [5, 5.41) is 2.09. The second-order valence-corrected chi connectivity index (χ2v) is 0.853. The summed E-state index contributed by atoms with van der Waals surface area (Å²) in [6.07, 6.45) is 0. The minimum atomic E-state index is -0.338. The molecule has 0 fully saturated rings. The van der Waals surface area contributed by atoms with Crippen LogP contribution in [0.15, 0.2) is 4.99 Å². The summed E-state index contributed by atoms with van der Waals surface area (Å²) >= 11 is 0. The number of hydrogen-bond acceptors (Lipinski definition) is 2. The van der Waals surface area contributed by atoms with Crippen molar-refractivity contribution in [1.29, 1.82) is 0 Å². The first kappa shape index (κ1) is 11.0. The molecule has 0 aliphatic heterocycles. The van der Waals surface area contributed by atoms with E-state index in [1.807, 2.05) is 0 Å². The van der Waals surface area contributed by atoms with Crippen molar-refractivity contribution in [2.45, 2.75) is 0 Å².